The van der Waals surface area contributed by atoms with E-state index in [9.17, 15) is 9.59 Å². The van der Waals surface area contributed by atoms with Crippen molar-refractivity contribution >= 4 is 28.3 Å². The lowest BCUT2D eigenvalue weighted by molar-refractivity contribution is 0.1000. The monoisotopic (exact) mass is 377 g/mol. The van der Waals surface area contributed by atoms with Crippen molar-refractivity contribution in [2.45, 2.75) is 78.2 Å². The van der Waals surface area contributed by atoms with Crippen molar-refractivity contribution in [2.75, 3.05) is 5.32 Å². The predicted octanol–water partition coefficient (Wildman–Crippen LogP) is 4.45. The predicted molar refractivity (Wildman–Crippen MR) is 107 cm³/mol. The maximum absolute atomic E-state index is 12.4. The zero-order valence-electron chi connectivity index (χ0n) is 16.1. The highest BCUT2D eigenvalue weighted by molar-refractivity contribution is 7.17. The van der Waals surface area contributed by atoms with Crippen LogP contribution in [0.2, 0.25) is 0 Å². The molecule has 0 radical (unpaired) electrons. The summed E-state index contributed by atoms with van der Waals surface area (Å²) in [5.41, 5.74) is 7.47. The summed E-state index contributed by atoms with van der Waals surface area (Å²) in [6.45, 7) is 6.80. The van der Waals surface area contributed by atoms with E-state index in [1.54, 1.807) is 0 Å². The lowest BCUT2D eigenvalue weighted by Gasteiger charge is -2.33. The molecule has 0 aromatic carbocycles. The van der Waals surface area contributed by atoms with Crippen LogP contribution in [-0.4, -0.2) is 18.0 Å². The first-order valence-electron chi connectivity index (χ1n) is 9.77. The third-order valence-electron chi connectivity index (χ3n) is 5.90. The van der Waals surface area contributed by atoms with Gasteiger partial charge in [0.15, 0.2) is 0 Å². The highest BCUT2D eigenvalue weighted by Crippen LogP contribution is 2.44. The molecule has 26 heavy (non-hydrogen) atoms. The van der Waals surface area contributed by atoms with Crippen molar-refractivity contribution in [3.05, 3.63) is 16.0 Å². The van der Waals surface area contributed by atoms with Crippen molar-refractivity contribution in [3.63, 3.8) is 0 Å². The minimum Gasteiger partial charge on any atom is -0.365 e. The Morgan fingerprint density at radius 1 is 1.12 bits per heavy atom. The van der Waals surface area contributed by atoms with E-state index in [2.05, 4.69) is 31.4 Å². The molecule has 0 saturated heterocycles. The quantitative estimate of drug-likeness (QED) is 0.727. The van der Waals surface area contributed by atoms with Crippen molar-refractivity contribution in [1.29, 1.82) is 0 Å². The van der Waals surface area contributed by atoms with E-state index in [1.807, 2.05) is 0 Å². The Morgan fingerprint density at radius 3 is 2.42 bits per heavy atom. The van der Waals surface area contributed by atoms with Crippen LogP contribution in [0.4, 0.5) is 9.80 Å². The topological polar surface area (TPSA) is 84.2 Å². The van der Waals surface area contributed by atoms with Crippen LogP contribution < -0.4 is 16.4 Å². The first-order chi connectivity index (χ1) is 12.3. The number of hydrogen-bond donors (Lipinski definition) is 3. The van der Waals surface area contributed by atoms with Gasteiger partial charge in [0.25, 0.3) is 5.91 Å². The second-order valence-electron chi connectivity index (χ2n) is 8.81. The highest BCUT2D eigenvalue weighted by atomic mass is 32.1. The molecule has 3 rings (SSSR count). The Morgan fingerprint density at radius 2 is 1.81 bits per heavy atom. The number of amides is 3. The van der Waals surface area contributed by atoms with Gasteiger partial charge in [-0.2, -0.15) is 0 Å². The van der Waals surface area contributed by atoms with Gasteiger partial charge in [-0.3, -0.25) is 10.1 Å². The lowest BCUT2D eigenvalue weighted by Crippen LogP contribution is -2.39. The van der Waals surface area contributed by atoms with Gasteiger partial charge < -0.3 is 11.1 Å². The van der Waals surface area contributed by atoms with Crippen molar-refractivity contribution in [2.24, 2.45) is 17.1 Å². The molecule has 0 spiro atoms. The molecule has 1 aromatic rings. The summed E-state index contributed by atoms with van der Waals surface area (Å²) in [6.07, 6.45) is 8.51. The van der Waals surface area contributed by atoms with Gasteiger partial charge in [-0.05, 0) is 49.0 Å². The Balaban J connectivity index is 1.76. The molecule has 3 amide bonds. The third-order valence-corrected chi connectivity index (χ3v) is 7.07. The zero-order valence-corrected chi connectivity index (χ0v) is 16.9. The van der Waals surface area contributed by atoms with Crippen molar-refractivity contribution in [3.8, 4) is 0 Å². The highest BCUT2D eigenvalue weighted by Gasteiger charge is 2.33. The Hall–Kier alpha value is -1.56. The first kappa shape index (κ1) is 19.2. The molecule has 2 aliphatic rings. The summed E-state index contributed by atoms with van der Waals surface area (Å²) in [5, 5.41) is 6.59. The molecule has 0 bridgehead atoms. The number of rotatable bonds is 3. The van der Waals surface area contributed by atoms with Crippen LogP contribution in [0.3, 0.4) is 0 Å². The summed E-state index contributed by atoms with van der Waals surface area (Å²) < 4.78 is 0. The second kappa shape index (κ2) is 7.59. The molecular formula is C20H31N3O2S. The molecule has 1 atom stereocenters. The number of urea groups is 1. The Labute approximate surface area is 160 Å². The van der Waals surface area contributed by atoms with E-state index in [-0.39, 0.29) is 17.5 Å². The van der Waals surface area contributed by atoms with Crippen LogP contribution >= 0.6 is 11.3 Å². The van der Waals surface area contributed by atoms with Gasteiger partial charge >= 0.3 is 6.03 Å². The van der Waals surface area contributed by atoms with Gasteiger partial charge in [-0.15, -0.1) is 11.3 Å². The standard InChI is InChI=1S/C20H31N3O2S/c1-20(2,3)12-9-10-14-15(11-12)26-18(16(14)17(21)24)23-19(25)22-13-7-5-4-6-8-13/h12-13H,4-11H2,1-3H3,(H2,21,24)(H2,22,23,25). The summed E-state index contributed by atoms with van der Waals surface area (Å²) in [5.74, 6) is 0.142. The first-order valence-corrected chi connectivity index (χ1v) is 10.6. The summed E-state index contributed by atoms with van der Waals surface area (Å²) in [7, 11) is 0. The van der Waals surface area contributed by atoms with Gasteiger partial charge in [0.05, 0.1) is 5.56 Å². The smallest absolute Gasteiger partial charge is 0.320 e. The molecule has 6 heteroatoms. The number of fused-ring (bicyclic) bond motifs is 1. The largest absolute Gasteiger partial charge is 0.365 e. The lowest BCUT2D eigenvalue weighted by atomic mass is 9.72. The summed E-state index contributed by atoms with van der Waals surface area (Å²) in [4.78, 5) is 25.7. The fraction of sp³-hybridized carbons (Fsp3) is 0.700. The zero-order chi connectivity index (χ0) is 18.9. The van der Waals surface area contributed by atoms with Gasteiger partial charge in [0, 0.05) is 10.9 Å². The molecule has 1 aromatic heterocycles. The van der Waals surface area contributed by atoms with Crippen molar-refractivity contribution in [1.82, 2.24) is 5.32 Å². The minimum absolute atomic E-state index is 0.217. The van der Waals surface area contributed by atoms with Crippen LogP contribution in [0.1, 0.15) is 80.1 Å². The Kier molecular flexibility index (Phi) is 5.61. The molecule has 0 aliphatic heterocycles. The van der Waals surface area contributed by atoms with Gasteiger partial charge in [0.1, 0.15) is 5.00 Å². The van der Waals surface area contributed by atoms with Crippen LogP contribution in [0, 0.1) is 11.3 Å². The van der Waals surface area contributed by atoms with Crippen LogP contribution in [0.15, 0.2) is 0 Å². The number of nitrogens with one attached hydrogen (secondary N) is 2. The molecule has 1 unspecified atom stereocenters. The minimum atomic E-state index is -0.440. The molecule has 4 N–H and O–H groups in total. The number of thiophene rings is 1. The number of carbonyl (C=O) groups excluding carboxylic acids is 2. The van der Waals surface area contributed by atoms with Crippen LogP contribution in [0.25, 0.3) is 0 Å². The second-order valence-corrected chi connectivity index (χ2v) is 9.92. The molecule has 1 saturated carbocycles. The van der Waals surface area contributed by atoms with E-state index in [0.29, 0.717) is 16.5 Å². The molecular weight excluding hydrogens is 346 g/mol. The summed E-state index contributed by atoms with van der Waals surface area (Å²) in [6, 6.07) is 0.0194. The average molecular weight is 378 g/mol. The molecule has 5 nitrogen and oxygen atoms in total. The van der Waals surface area contributed by atoms with E-state index < -0.39 is 5.91 Å². The third kappa shape index (κ3) is 4.22. The van der Waals surface area contributed by atoms with E-state index >= 15 is 0 Å². The van der Waals surface area contributed by atoms with Crippen LogP contribution in [-0.2, 0) is 12.8 Å². The maximum Gasteiger partial charge on any atom is 0.320 e. The van der Waals surface area contributed by atoms with Gasteiger partial charge in [0.2, 0.25) is 0 Å². The summed E-state index contributed by atoms with van der Waals surface area (Å²) >= 11 is 1.53. The number of carbonyl (C=O) groups is 2. The van der Waals surface area contributed by atoms with Crippen molar-refractivity contribution < 1.29 is 9.59 Å². The molecule has 1 fully saturated rings. The number of hydrogen-bond acceptors (Lipinski definition) is 3. The van der Waals surface area contributed by atoms with E-state index in [1.165, 1.54) is 35.5 Å². The fourth-order valence-electron chi connectivity index (χ4n) is 4.25. The number of nitrogens with two attached hydrogens (primary N) is 1. The SMILES string of the molecule is CC(C)(C)C1CCc2c(sc(NC(=O)NC3CCCCC3)c2C(N)=O)C1. The van der Waals surface area contributed by atoms with E-state index in [0.717, 1.165) is 37.7 Å². The molecule has 2 aliphatic carbocycles. The maximum atomic E-state index is 12.4. The van der Waals surface area contributed by atoms with Gasteiger partial charge in [-0.1, -0.05) is 40.0 Å². The Bertz CT molecular complexity index is 684. The number of anilines is 1. The molecule has 1 heterocycles. The van der Waals surface area contributed by atoms with E-state index in [4.69, 9.17) is 5.73 Å². The number of primary amides is 1. The van der Waals surface area contributed by atoms with Gasteiger partial charge in [-0.25, -0.2) is 4.79 Å². The molecule has 144 valence electrons. The fourth-order valence-corrected chi connectivity index (χ4v) is 5.57. The van der Waals surface area contributed by atoms with Crippen LogP contribution in [0.5, 0.6) is 0 Å². The average Bonchev–Trinajstić information content (AvgIpc) is 2.91. The normalized spacial score (nSPS) is 21.1.